The number of amides is 1. The molecule has 0 unspecified atom stereocenters. The van der Waals surface area contributed by atoms with Crippen molar-refractivity contribution in [3.63, 3.8) is 0 Å². The molecule has 104 valence electrons. The average molecular weight is 298 g/mol. The van der Waals surface area contributed by atoms with Crippen LogP contribution in [-0.4, -0.2) is 15.9 Å². The minimum Gasteiger partial charge on any atom is -0.346 e. The van der Waals surface area contributed by atoms with Gasteiger partial charge < -0.3 is 5.32 Å². The molecule has 0 saturated heterocycles. The van der Waals surface area contributed by atoms with E-state index in [1.807, 2.05) is 24.3 Å². The smallest absolute Gasteiger partial charge is 0.253 e. The highest BCUT2D eigenvalue weighted by Crippen LogP contribution is 2.14. The summed E-state index contributed by atoms with van der Waals surface area (Å²) in [6.07, 6.45) is 1.66. The number of hydrogen-bond donors (Lipinski definition) is 1. The lowest BCUT2D eigenvalue weighted by atomic mass is 10.2. The molecular weight excluding hydrogens is 286 g/mol. The quantitative estimate of drug-likeness (QED) is 0.807. The molecule has 0 radical (unpaired) electrons. The van der Waals surface area contributed by atoms with Crippen LogP contribution in [0.3, 0.4) is 0 Å². The molecule has 0 bridgehead atoms. The Kier molecular flexibility index (Phi) is 3.79. The van der Waals surface area contributed by atoms with Crippen LogP contribution in [0.4, 0.5) is 0 Å². The molecule has 3 aromatic rings. The first kappa shape index (κ1) is 13.5. The van der Waals surface area contributed by atoms with E-state index in [1.54, 1.807) is 30.5 Å². The number of benzene rings is 2. The third kappa shape index (κ3) is 3.01. The molecule has 0 atom stereocenters. The van der Waals surface area contributed by atoms with Crippen molar-refractivity contribution in [2.45, 2.75) is 6.54 Å². The van der Waals surface area contributed by atoms with E-state index in [0.717, 1.165) is 11.0 Å². The van der Waals surface area contributed by atoms with Gasteiger partial charge in [-0.05, 0) is 24.3 Å². The maximum atomic E-state index is 12.1. The highest BCUT2D eigenvalue weighted by Gasteiger charge is 2.09. The minimum atomic E-state index is -0.226. The zero-order valence-electron chi connectivity index (χ0n) is 11.1. The first-order chi connectivity index (χ1) is 10.2. The van der Waals surface area contributed by atoms with Gasteiger partial charge in [0.2, 0.25) is 0 Å². The van der Waals surface area contributed by atoms with Crippen molar-refractivity contribution < 1.29 is 4.79 Å². The minimum absolute atomic E-state index is 0.226. The summed E-state index contributed by atoms with van der Waals surface area (Å²) in [4.78, 5) is 20.8. The summed E-state index contributed by atoms with van der Waals surface area (Å²) in [6.45, 7) is 0.307. The number of hydrogen-bond acceptors (Lipinski definition) is 3. The Labute approximate surface area is 126 Å². The van der Waals surface area contributed by atoms with Crippen molar-refractivity contribution in [3.8, 4) is 0 Å². The van der Waals surface area contributed by atoms with Crippen LogP contribution in [0.5, 0.6) is 0 Å². The van der Waals surface area contributed by atoms with Crippen molar-refractivity contribution in [1.29, 1.82) is 0 Å². The number of rotatable bonds is 3. The lowest BCUT2D eigenvalue weighted by Gasteiger charge is -2.06. The van der Waals surface area contributed by atoms with Gasteiger partial charge in [-0.25, -0.2) is 4.98 Å². The van der Waals surface area contributed by atoms with Crippen LogP contribution in [0.2, 0.25) is 5.02 Å². The number of para-hydroxylation sites is 2. The molecule has 0 aliphatic rings. The fourth-order valence-electron chi connectivity index (χ4n) is 1.99. The second-order valence-corrected chi connectivity index (χ2v) is 4.92. The molecule has 0 saturated carbocycles. The van der Waals surface area contributed by atoms with Crippen LogP contribution in [0.15, 0.2) is 54.7 Å². The van der Waals surface area contributed by atoms with Gasteiger partial charge in [-0.3, -0.25) is 9.78 Å². The predicted molar refractivity (Wildman–Crippen MR) is 82.2 cm³/mol. The zero-order valence-corrected chi connectivity index (χ0v) is 11.8. The van der Waals surface area contributed by atoms with E-state index in [0.29, 0.717) is 22.8 Å². The van der Waals surface area contributed by atoms with Gasteiger partial charge in [-0.1, -0.05) is 35.9 Å². The largest absolute Gasteiger partial charge is 0.346 e. The normalized spacial score (nSPS) is 10.5. The summed E-state index contributed by atoms with van der Waals surface area (Å²) in [5.41, 5.74) is 2.79. The second-order valence-electron chi connectivity index (χ2n) is 4.51. The van der Waals surface area contributed by atoms with Crippen molar-refractivity contribution in [2.75, 3.05) is 0 Å². The van der Waals surface area contributed by atoms with Crippen LogP contribution in [0.1, 0.15) is 16.1 Å². The van der Waals surface area contributed by atoms with Gasteiger partial charge in [0.05, 0.1) is 40.1 Å². The van der Waals surface area contributed by atoms with E-state index in [-0.39, 0.29) is 5.91 Å². The Balaban J connectivity index is 1.74. The zero-order chi connectivity index (χ0) is 14.7. The summed E-state index contributed by atoms with van der Waals surface area (Å²) in [5, 5.41) is 3.23. The number of nitrogens with one attached hydrogen (secondary N) is 1. The number of aromatic nitrogens is 2. The number of carbonyl (C=O) groups excluding carboxylic acids is 1. The number of nitrogens with zero attached hydrogens (tertiary/aromatic N) is 2. The van der Waals surface area contributed by atoms with Crippen LogP contribution in [-0.2, 0) is 6.54 Å². The predicted octanol–water partition coefficient (Wildman–Crippen LogP) is 3.21. The average Bonchev–Trinajstić information content (AvgIpc) is 2.53. The van der Waals surface area contributed by atoms with Gasteiger partial charge in [0.1, 0.15) is 0 Å². The molecule has 0 fully saturated rings. The second kappa shape index (κ2) is 5.89. The molecule has 0 aliphatic carbocycles. The Morgan fingerprint density at radius 2 is 1.76 bits per heavy atom. The fraction of sp³-hybridized carbons (Fsp3) is 0.0625. The number of carbonyl (C=O) groups is 1. The van der Waals surface area contributed by atoms with E-state index in [9.17, 15) is 4.79 Å². The van der Waals surface area contributed by atoms with Gasteiger partial charge in [0.15, 0.2) is 0 Å². The van der Waals surface area contributed by atoms with Crippen LogP contribution >= 0.6 is 11.6 Å². The maximum Gasteiger partial charge on any atom is 0.253 e. The molecule has 5 heteroatoms. The molecule has 1 aromatic heterocycles. The molecule has 4 nitrogen and oxygen atoms in total. The van der Waals surface area contributed by atoms with Gasteiger partial charge in [-0.15, -0.1) is 0 Å². The van der Waals surface area contributed by atoms with E-state index in [4.69, 9.17) is 11.6 Å². The third-order valence-electron chi connectivity index (χ3n) is 3.05. The Morgan fingerprint density at radius 1 is 1.05 bits per heavy atom. The SMILES string of the molecule is O=C(NCc1cnc2ccccc2n1)c1ccccc1Cl. The van der Waals surface area contributed by atoms with Gasteiger partial charge in [0, 0.05) is 0 Å². The molecular formula is C16H12ClN3O. The summed E-state index contributed by atoms with van der Waals surface area (Å²) in [6, 6.07) is 14.5. The number of fused-ring (bicyclic) bond motifs is 1. The van der Waals surface area contributed by atoms with Crippen LogP contribution < -0.4 is 5.32 Å². The monoisotopic (exact) mass is 297 g/mol. The summed E-state index contributed by atoms with van der Waals surface area (Å²) < 4.78 is 0. The molecule has 3 rings (SSSR count). The highest BCUT2D eigenvalue weighted by molar-refractivity contribution is 6.33. The van der Waals surface area contributed by atoms with E-state index in [1.165, 1.54) is 0 Å². The first-order valence-corrected chi connectivity index (χ1v) is 6.85. The van der Waals surface area contributed by atoms with Gasteiger partial charge >= 0.3 is 0 Å². The lowest BCUT2D eigenvalue weighted by molar-refractivity contribution is 0.0950. The third-order valence-corrected chi connectivity index (χ3v) is 3.38. The van der Waals surface area contributed by atoms with Crippen molar-refractivity contribution in [2.24, 2.45) is 0 Å². The summed E-state index contributed by atoms with van der Waals surface area (Å²) in [7, 11) is 0. The summed E-state index contributed by atoms with van der Waals surface area (Å²) in [5.74, 6) is -0.226. The lowest BCUT2D eigenvalue weighted by Crippen LogP contribution is -2.23. The fourth-order valence-corrected chi connectivity index (χ4v) is 2.21. The molecule has 21 heavy (non-hydrogen) atoms. The van der Waals surface area contributed by atoms with Crippen molar-refractivity contribution >= 4 is 28.5 Å². The molecule has 0 aliphatic heterocycles. The molecule has 1 N–H and O–H groups in total. The molecule has 1 amide bonds. The highest BCUT2D eigenvalue weighted by atomic mass is 35.5. The summed E-state index contributed by atoms with van der Waals surface area (Å²) >= 11 is 5.99. The maximum absolute atomic E-state index is 12.1. The first-order valence-electron chi connectivity index (χ1n) is 6.47. The van der Waals surface area contributed by atoms with E-state index < -0.39 is 0 Å². The number of halogens is 1. The Hall–Kier alpha value is -2.46. The van der Waals surface area contributed by atoms with Gasteiger partial charge in [0.25, 0.3) is 5.91 Å². The van der Waals surface area contributed by atoms with Gasteiger partial charge in [-0.2, -0.15) is 0 Å². The van der Waals surface area contributed by atoms with E-state index >= 15 is 0 Å². The molecule has 1 heterocycles. The van der Waals surface area contributed by atoms with E-state index in [2.05, 4.69) is 15.3 Å². The van der Waals surface area contributed by atoms with Crippen LogP contribution in [0.25, 0.3) is 11.0 Å². The topological polar surface area (TPSA) is 54.9 Å². The van der Waals surface area contributed by atoms with Crippen LogP contribution in [0, 0.1) is 0 Å². The molecule has 2 aromatic carbocycles. The Bertz CT molecular complexity index is 804. The standard InChI is InChI=1S/C16H12ClN3O/c17-13-6-2-1-5-12(13)16(21)19-10-11-9-18-14-7-3-4-8-15(14)20-11/h1-9H,10H2,(H,19,21). The Morgan fingerprint density at radius 3 is 2.57 bits per heavy atom. The van der Waals surface area contributed by atoms with Crippen molar-refractivity contribution in [1.82, 2.24) is 15.3 Å². The van der Waals surface area contributed by atoms with Crippen molar-refractivity contribution in [3.05, 3.63) is 71.0 Å². The molecule has 0 spiro atoms.